The van der Waals surface area contributed by atoms with Gasteiger partial charge in [0.1, 0.15) is 0 Å². The van der Waals surface area contributed by atoms with Crippen molar-refractivity contribution in [3.8, 4) is 0 Å². The number of esters is 1. The summed E-state index contributed by atoms with van der Waals surface area (Å²) in [4.78, 5) is 17.6. The predicted octanol–water partition coefficient (Wildman–Crippen LogP) is 0.710. The van der Waals surface area contributed by atoms with Gasteiger partial charge in [-0.1, -0.05) is 0 Å². The molecule has 0 aromatic carbocycles. The second-order valence-electron chi connectivity index (χ2n) is 3.39. The molecule has 0 saturated heterocycles. The fraction of sp³-hybridized carbons (Fsp3) is 0.600. The van der Waals surface area contributed by atoms with Crippen LogP contribution in [-0.4, -0.2) is 42.6 Å². The van der Waals surface area contributed by atoms with Crippen LogP contribution in [0.15, 0.2) is 5.38 Å². The van der Waals surface area contributed by atoms with Gasteiger partial charge in [0.05, 0.1) is 12.3 Å². The van der Waals surface area contributed by atoms with Gasteiger partial charge in [0.25, 0.3) is 0 Å². The SMILES string of the molecule is CCOC(=O)c1nc(CN(C)CCN)cs1. The van der Waals surface area contributed by atoms with E-state index in [9.17, 15) is 4.79 Å². The van der Waals surface area contributed by atoms with Crippen LogP contribution >= 0.6 is 11.3 Å². The first kappa shape index (κ1) is 13.1. The maximum absolute atomic E-state index is 11.4. The molecule has 1 aromatic heterocycles. The van der Waals surface area contributed by atoms with Gasteiger partial charge in [0.15, 0.2) is 0 Å². The van der Waals surface area contributed by atoms with Gasteiger partial charge in [0.2, 0.25) is 5.01 Å². The minimum Gasteiger partial charge on any atom is -0.461 e. The summed E-state index contributed by atoms with van der Waals surface area (Å²) in [5.74, 6) is -0.347. The molecule has 0 aliphatic carbocycles. The molecule has 0 aliphatic heterocycles. The fourth-order valence-corrected chi connectivity index (χ4v) is 1.94. The highest BCUT2D eigenvalue weighted by Crippen LogP contribution is 2.12. The quantitative estimate of drug-likeness (QED) is 0.745. The Hall–Kier alpha value is -0.980. The number of hydrogen-bond acceptors (Lipinski definition) is 6. The van der Waals surface area contributed by atoms with E-state index in [2.05, 4.69) is 9.88 Å². The Kier molecular flexibility index (Phi) is 5.37. The van der Waals surface area contributed by atoms with Crippen molar-refractivity contribution in [2.45, 2.75) is 13.5 Å². The summed E-state index contributed by atoms with van der Waals surface area (Å²) in [6, 6.07) is 0. The van der Waals surface area contributed by atoms with Crippen molar-refractivity contribution in [1.29, 1.82) is 0 Å². The van der Waals surface area contributed by atoms with Gasteiger partial charge >= 0.3 is 5.97 Å². The number of rotatable bonds is 6. The lowest BCUT2D eigenvalue weighted by molar-refractivity contribution is 0.0525. The second kappa shape index (κ2) is 6.57. The van der Waals surface area contributed by atoms with E-state index in [0.29, 0.717) is 24.7 Å². The molecule has 5 nitrogen and oxygen atoms in total. The predicted molar refractivity (Wildman–Crippen MR) is 63.5 cm³/mol. The summed E-state index contributed by atoms with van der Waals surface area (Å²) in [5, 5.41) is 2.29. The lowest BCUT2D eigenvalue weighted by Gasteiger charge is -2.12. The van der Waals surface area contributed by atoms with Crippen LogP contribution in [0.2, 0.25) is 0 Å². The highest BCUT2D eigenvalue weighted by Gasteiger charge is 2.12. The van der Waals surface area contributed by atoms with Crippen LogP contribution in [0, 0.1) is 0 Å². The Bertz CT molecular complexity index is 341. The summed E-state index contributed by atoms with van der Waals surface area (Å²) in [7, 11) is 1.97. The zero-order valence-corrected chi connectivity index (χ0v) is 10.4. The number of carbonyl (C=O) groups excluding carboxylic acids is 1. The van der Waals surface area contributed by atoms with Gasteiger partial charge in [-0.15, -0.1) is 11.3 Å². The lowest BCUT2D eigenvalue weighted by atomic mass is 10.4. The molecule has 2 N–H and O–H groups in total. The highest BCUT2D eigenvalue weighted by atomic mass is 32.1. The molecule has 90 valence electrons. The molecule has 0 fully saturated rings. The number of likely N-dealkylation sites (N-methyl/N-ethyl adjacent to an activating group) is 1. The molecule has 6 heteroatoms. The summed E-state index contributed by atoms with van der Waals surface area (Å²) < 4.78 is 4.87. The minimum atomic E-state index is -0.347. The van der Waals surface area contributed by atoms with E-state index in [4.69, 9.17) is 10.5 Å². The van der Waals surface area contributed by atoms with E-state index in [0.717, 1.165) is 12.2 Å². The smallest absolute Gasteiger partial charge is 0.367 e. The molecule has 0 unspecified atom stereocenters. The number of thiazole rings is 1. The van der Waals surface area contributed by atoms with Crippen LogP contribution in [0.25, 0.3) is 0 Å². The highest BCUT2D eigenvalue weighted by molar-refractivity contribution is 7.11. The van der Waals surface area contributed by atoms with E-state index in [1.165, 1.54) is 11.3 Å². The maximum atomic E-state index is 11.4. The third kappa shape index (κ3) is 3.88. The Morgan fingerprint density at radius 1 is 1.69 bits per heavy atom. The first-order chi connectivity index (χ1) is 7.67. The van der Waals surface area contributed by atoms with Crippen molar-refractivity contribution in [2.75, 3.05) is 26.7 Å². The first-order valence-electron chi connectivity index (χ1n) is 5.17. The van der Waals surface area contributed by atoms with Gasteiger partial charge in [-0.05, 0) is 14.0 Å². The van der Waals surface area contributed by atoms with Crippen molar-refractivity contribution < 1.29 is 9.53 Å². The number of ether oxygens (including phenoxy) is 1. The number of hydrogen-bond donors (Lipinski definition) is 1. The average Bonchev–Trinajstić information content (AvgIpc) is 2.67. The van der Waals surface area contributed by atoms with Crippen molar-refractivity contribution in [1.82, 2.24) is 9.88 Å². The topological polar surface area (TPSA) is 68.5 Å². The van der Waals surface area contributed by atoms with E-state index < -0.39 is 0 Å². The fourth-order valence-electron chi connectivity index (χ4n) is 1.24. The Morgan fingerprint density at radius 2 is 2.44 bits per heavy atom. The third-order valence-electron chi connectivity index (χ3n) is 1.94. The molecule has 0 aliphatic rings. The van der Waals surface area contributed by atoms with Gasteiger partial charge in [-0.25, -0.2) is 9.78 Å². The molecule has 1 rings (SSSR count). The van der Waals surface area contributed by atoms with Crippen molar-refractivity contribution in [2.24, 2.45) is 5.73 Å². The standard InChI is InChI=1S/C10H17N3O2S/c1-3-15-10(14)9-12-8(7-16-9)6-13(2)5-4-11/h7H,3-6,11H2,1-2H3. The molecule has 0 bridgehead atoms. The number of carbonyl (C=O) groups is 1. The van der Waals surface area contributed by atoms with Crippen molar-refractivity contribution in [3.05, 3.63) is 16.1 Å². The van der Waals surface area contributed by atoms with Crippen LogP contribution < -0.4 is 5.73 Å². The average molecular weight is 243 g/mol. The summed E-state index contributed by atoms with van der Waals surface area (Å²) >= 11 is 1.31. The Labute approximate surface area is 99.2 Å². The zero-order chi connectivity index (χ0) is 12.0. The van der Waals surface area contributed by atoms with E-state index >= 15 is 0 Å². The molecule has 0 amide bonds. The van der Waals surface area contributed by atoms with Crippen molar-refractivity contribution >= 4 is 17.3 Å². The molecule has 0 spiro atoms. The van der Waals surface area contributed by atoms with Crippen molar-refractivity contribution in [3.63, 3.8) is 0 Å². The monoisotopic (exact) mass is 243 g/mol. The number of nitrogens with two attached hydrogens (primary N) is 1. The normalized spacial score (nSPS) is 10.8. The van der Waals surface area contributed by atoms with Crippen LogP contribution in [-0.2, 0) is 11.3 Å². The van der Waals surface area contributed by atoms with Gasteiger partial charge in [-0.2, -0.15) is 0 Å². The summed E-state index contributed by atoms with van der Waals surface area (Å²) in [5.41, 5.74) is 6.32. The van der Waals surface area contributed by atoms with Gasteiger partial charge < -0.3 is 10.5 Å². The molecule has 0 radical (unpaired) electrons. The van der Waals surface area contributed by atoms with E-state index in [1.54, 1.807) is 6.92 Å². The van der Waals surface area contributed by atoms with Gasteiger partial charge in [0, 0.05) is 25.0 Å². The van der Waals surface area contributed by atoms with Crippen LogP contribution in [0.4, 0.5) is 0 Å². The third-order valence-corrected chi connectivity index (χ3v) is 2.82. The second-order valence-corrected chi connectivity index (χ2v) is 4.25. The molecule has 0 saturated carbocycles. The maximum Gasteiger partial charge on any atom is 0.367 e. The molecule has 0 atom stereocenters. The number of aromatic nitrogens is 1. The minimum absolute atomic E-state index is 0.347. The Balaban J connectivity index is 2.54. The van der Waals surface area contributed by atoms with Gasteiger partial charge in [-0.3, -0.25) is 4.90 Å². The molecular formula is C10H17N3O2S. The first-order valence-corrected chi connectivity index (χ1v) is 6.05. The summed E-state index contributed by atoms with van der Waals surface area (Å²) in [6.07, 6.45) is 0. The Morgan fingerprint density at radius 3 is 3.06 bits per heavy atom. The molecule has 16 heavy (non-hydrogen) atoms. The van der Waals surface area contributed by atoms with E-state index in [1.807, 2.05) is 12.4 Å². The van der Waals surface area contributed by atoms with Crippen LogP contribution in [0.5, 0.6) is 0 Å². The summed E-state index contributed by atoms with van der Waals surface area (Å²) in [6.45, 7) is 4.28. The lowest BCUT2D eigenvalue weighted by Crippen LogP contribution is -2.25. The number of nitrogens with zero attached hydrogens (tertiary/aromatic N) is 2. The van der Waals surface area contributed by atoms with E-state index in [-0.39, 0.29) is 5.97 Å². The zero-order valence-electron chi connectivity index (χ0n) is 9.60. The molecular weight excluding hydrogens is 226 g/mol. The van der Waals surface area contributed by atoms with Crippen LogP contribution in [0.1, 0.15) is 22.4 Å². The largest absolute Gasteiger partial charge is 0.461 e. The molecule has 1 aromatic rings. The van der Waals surface area contributed by atoms with Crippen LogP contribution in [0.3, 0.4) is 0 Å². The molecule has 1 heterocycles.